The smallest absolute Gasteiger partial charge is 0.143 e. The minimum atomic E-state index is -0.662. The Labute approximate surface area is 101 Å². The summed E-state index contributed by atoms with van der Waals surface area (Å²) in [6, 6.07) is 0. The van der Waals surface area contributed by atoms with Gasteiger partial charge in [-0.05, 0) is 6.92 Å². The second-order valence-corrected chi connectivity index (χ2v) is 3.57. The predicted molar refractivity (Wildman–Crippen MR) is 58.0 cm³/mol. The minimum Gasteiger partial charge on any atom is -0.381 e. The van der Waals surface area contributed by atoms with Gasteiger partial charge in [0.25, 0.3) is 0 Å². The predicted octanol–water partition coefficient (Wildman–Crippen LogP) is -1.09. The molecule has 0 aliphatic rings. The van der Waals surface area contributed by atoms with Gasteiger partial charge in [-0.15, -0.1) is 0 Å². The lowest BCUT2D eigenvalue weighted by molar-refractivity contribution is -0.153. The van der Waals surface area contributed by atoms with Gasteiger partial charge in [-0.25, -0.2) is 0 Å². The maximum atomic E-state index is 8.66. The SMILES string of the molecule is CCOCC(COCO)(COCO)COCO. The molecule has 0 aromatic carbocycles. The molecule has 0 heterocycles. The molecule has 0 atom stereocenters. The summed E-state index contributed by atoms with van der Waals surface area (Å²) in [4.78, 5) is 0. The molecule has 7 heteroatoms. The van der Waals surface area contributed by atoms with E-state index in [9.17, 15) is 0 Å². The maximum absolute atomic E-state index is 8.66. The zero-order valence-electron chi connectivity index (χ0n) is 10.1. The van der Waals surface area contributed by atoms with Crippen LogP contribution in [0.2, 0.25) is 0 Å². The molecule has 3 N–H and O–H groups in total. The molecular weight excluding hydrogens is 232 g/mol. The Morgan fingerprint density at radius 1 is 0.706 bits per heavy atom. The Balaban J connectivity index is 4.39. The highest BCUT2D eigenvalue weighted by molar-refractivity contribution is 4.78. The molecule has 0 radical (unpaired) electrons. The average molecular weight is 254 g/mol. The van der Waals surface area contributed by atoms with Crippen molar-refractivity contribution in [2.24, 2.45) is 5.41 Å². The van der Waals surface area contributed by atoms with Crippen LogP contribution in [0.4, 0.5) is 0 Å². The van der Waals surface area contributed by atoms with Gasteiger partial charge in [-0.1, -0.05) is 0 Å². The van der Waals surface area contributed by atoms with Crippen molar-refractivity contribution in [1.82, 2.24) is 0 Å². The summed E-state index contributed by atoms with van der Waals surface area (Å²) < 4.78 is 20.1. The first kappa shape index (κ1) is 16.7. The summed E-state index contributed by atoms with van der Waals surface area (Å²) in [5.41, 5.74) is -0.662. The Hall–Kier alpha value is -0.280. The van der Waals surface area contributed by atoms with Gasteiger partial charge in [0.2, 0.25) is 0 Å². The van der Waals surface area contributed by atoms with E-state index in [1.54, 1.807) is 0 Å². The lowest BCUT2D eigenvalue weighted by Crippen LogP contribution is -2.42. The first-order chi connectivity index (χ1) is 8.24. The van der Waals surface area contributed by atoms with Gasteiger partial charge in [-0.2, -0.15) is 0 Å². The van der Waals surface area contributed by atoms with Crippen LogP contribution in [0, 0.1) is 5.41 Å². The summed E-state index contributed by atoms with van der Waals surface area (Å²) >= 11 is 0. The van der Waals surface area contributed by atoms with Crippen LogP contribution in [0.5, 0.6) is 0 Å². The summed E-state index contributed by atoms with van der Waals surface area (Å²) in [6.07, 6.45) is 0. The molecule has 0 saturated carbocycles. The first-order valence-electron chi connectivity index (χ1n) is 5.38. The molecule has 0 spiro atoms. The molecule has 0 fully saturated rings. The number of aliphatic hydroxyl groups is 3. The molecule has 104 valence electrons. The summed E-state index contributed by atoms with van der Waals surface area (Å²) in [7, 11) is 0. The molecule has 0 amide bonds. The topological polar surface area (TPSA) is 97.6 Å². The third kappa shape index (κ3) is 7.61. The average Bonchev–Trinajstić information content (AvgIpc) is 2.37. The van der Waals surface area contributed by atoms with Gasteiger partial charge in [0, 0.05) is 6.61 Å². The van der Waals surface area contributed by atoms with E-state index in [1.807, 2.05) is 6.92 Å². The van der Waals surface area contributed by atoms with Crippen molar-refractivity contribution in [3.05, 3.63) is 0 Å². The molecule has 0 aromatic heterocycles. The zero-order chi connectivity index (χ0) is 13.0. The minimum absolute atomic E-state index is 0.142. The molecule has 0 bridgehead atoms. The van der Waals surface area contributed by atoms with Crippen molar-refractivity contribution in [2.75, 3.05) is 53.4 Å². The molecular formula is C10H22O7. The van der Waals surface area contributed by atoms with Crippen molar-refractivity contribution in [1.29, 1.82) is 0 Å². The molecule has 0 aliphatic carbocycles. The maximum Gasteiger partial charge on any atom is 0.143 e. The lowest BCUT2D eigenvalue weighted by atomic mass is 9.92. The Kier molecular flexibility index (Phi) is 10.7. The molecule has 0 saturated heterocycles. The third-order valence-corrected chi connectivity index (χ3v) is 2.11. The second kappa shape index (κ2) is 10.8. The molecule has 0 aliphatic heterocycles. The van der Waals surface area contributed by atoms with Crippen molar-refractivity contribution in [3.8, 4) is 0 Å². The van der Waals surface area contributed by atoms with E-state index in [2.05, 4.69) is 0 Å². The summed E-state index contributed by atoms with van der Waals surface area (Å²) in [6.45, 7) is 1.79. The van der Waals surface area contributed by atoms with Crippen LogP contribution in [0.1, 0.15) is 6.92 Å². The van der Waals surface area contributed by atoms with Crippen molar-refractivity contribution in [2.45, 2.75) is 6.92 Å². The van der Waals surface area contributed by atoms with Crippen LogP contribution in [0.15, 0.2) is 0 Å². The number of hydrogen-bond donors (Lipinski definition) is 3. The Morgan fingerprint density at radius 2 is 1.06 bits per heavy atom. The van der Waals surface area contributed by atoms with Crippen molar-refractivity contribution < 1.29 is 34.3 Å². The third-order valence-electron chi connectivity index (χ3n) is 2.11. The van der Waals surface area contributed by atoms with Crippen LogP contribution in [0.25, 0.3) is 0 Å². The van der Waals surface area contributed by atoms with Gasteiger partial charge in [-0.3, -0.25) is 0 Å². The van der Waals surface area contributed by atoms with Gasteiger partial charge in [0.1, 0.15) is 20.4 Å². The largest absolute Gasteiger partial charge is 0.381 e. The van der Waals surface area contributed by atoms with E-state index in [0.29, 0.717) is 6.61 Å². The van der Waals surface area contributed by atoms with E-state index >= 15 is 0 Å². The Morgan fingerprint density at radius 3 is 1.35 bits per heavy atom. The molecule has 0 rings (SSSR count). The number of aliphatic hydroxyl groups excluding tert-OH is 3. The van der Waals surface area contributed by atoms with Gasteiger partial charge in [0.15, 0.2) is 0 Å². The fourth-order valence-electron chi connectivity index (χ4n) is 1.36. The van der Waals surface area contributed by atoms with E-state index in [4.69, 9.17) is 34.3 Å². The lowest BCUT2D eigenvalue weighted by Gasteiger charge is -2.31. The zero-order valence-corrected chi connectivity index (χ0v) is 10.1. The number of ether oxygens (including phenoxy) is 4. The summed E-state index contributed by atoms with van der Waals surface area (Å²) in [5.74, 6) is 0. The summed E-state index contributed by atoms with van der Waals surface area (Å²) in [5, 5.41) is 26.0. The molecule has 0 aromatic rings. The fraction of sp³-hybridized carbons (Fsp3) is 1.00. The van der Waals surface area contributed by atoms with Crippen LogP contribution in [-0.4, -0.2) is 68.7 Å². The van der Waals surface area contributed by atoms with Crippen LogP contribution >= 0.6 is 0 Å². The van der Waals surface area contributed by atoms with Crippen molar-refractivity contribution >= 4 is 0 Å². The van der Waals surface area contributed by atoms with E-state index in [-0.39, 0.29) is 26.4 Å². The number of rotatable bonds is 12. The Bertz CT molecular complexity index is 127. The monoisotopic (exact) mass is 254 g/mol. The second-order valence-electron chi connectivity index (χ2n) is 3.57. The highest BCUT2D eigenvalue weighted by Crippen LogP contribution is 2.20. The highest BCUT2D eigenvalue weighted by atomic mass is 16.6. The van der Waals surface area contributed by atoms with Crippen LogP contribution in [0.3, 0.4) is 0 Å². The van der Waals surface area contributed by atoms with Crippen molar-refractivity contribution in [3.63, 3.8) is 0 Å². The molecule has 17 heavy (non-hydrogen) atoms. The van der Waals surface area contributed by atoms with Gasteiger partial charge in [0.05, 0.1) is 31.8 Å². The van der Waals surface area contributed by atoms with E-state index in [1.165, 1.54) is 0 Å². The van der Waals surface area contributed by atoms with Gasteiger partial charge < -0.3 is 34.3 Å². The quantitative estimate of drug-likeness (QED) is 0.381. The van der Waals surface area contributed by atoms with E-state index < -0.39 is 25.8 Å². The molecule has 7 nitrogen and oxygen atoms in total. The highest BCUT2D eigenvalue weighted by Gasteiger charge is 2.32. The first-order valence-corrected chi connectivity index (χ1v) is 5.38. The number of hydrogen-bond acceptors (Lipinski definition) is 7. The van der Waals surface area contributed by atoms with Crippen LogP contribution < -0.4 is 0 Å². The van der Waals surface area contributed by atoms with E-state index in [0.717, 1.165) is 0 Å². The standard InChI is InChI=1S/C10H22O7/c1-2-14-3-10(4-15-7-11,5-16-8-12)6-17-9-13/h11-13H,2-9H2,1H3. The fourth-order valence-corrected chi connectivity index (χ4v) is 1.36. The molecule has 0 unspecified atom stereocenters. The normalized spacial score (nSPS) is 12.0. The van der Waals surface area contributed by atoms with Gasteiger partial charge >= 0.3 is 0 Å². The van der Waals surface area contributed by atoms with Crippen LogP contribution in [-0.2, 0) is 18.9 Å².